The lowest BCUT2D eigenvalue weighted by atomic mass is 10.3. The maximum Gasteiger partial charge on any atom is 0.232 e. The van der Waals surface area contributed by atoms with Gasteiger partial charge in [-0.15, -0.1) is 0 Å². The van der Waals surface area contributed by atoms with E-state index in [-0.39, 0.29) is 6.04 Å². The first-order valence-corrected chi connectivity index (χ1v) is 6.74. The van der Waals surface area contributed by atoms with E-state index in [1.165, 1.54) is 10.6 Å². The summed E-state index contributed by atoms with van der Waals surface area (Å²) in [4.78, 5) is 4.02. The van der Waals surface area contributed by atoms with Crippen LogP contribution in [0.15, 0.2) is 18.5 Å². The number of rotatable bonds is 3. The van der Waals surface area contributed by atoms with Gasteiger partial charge in [-0.3, -0.25) is 9.29 Å². The number of aryl methyl sites for hydroxylation is 1. The van der Waals surface area contributed by atoms with Crippen molar-refractivity contribution < 1.29 is 8.42 Å². The van der Waals surface area contributed by atoms with Gasteiger partial charge in [0, 0.05) is 12.2 Å². The molecule has 0 spiro atoms. The van der Waals surface area contributed by atoms with Crippen LogP contribution in [0.1, 0.15) is 18.4 Å². The first kappa shape index (κ1) is 10.4. The normalized spacial score (nSPS) is 16.4. The second-order valence-electron chi connectivity index (χ2n) is 4.01. The van der Waals surface area contributed by atoms with Crippen molar-refractivity contribution in [2.45, 2.75) is 25.8 Å². The molecule has 15 heavy (non-hydrogen) atoms. The third kappa shape index (κ3) is 2.28. The minimum absolute atomic E-state index is 0.142. The van der Waals surface area contributed by atoms with Gasteiger partial charge in [0.15, 0.2) is 0 Å². The molecule has 0 atom stereocenters. The van der Waals surface area contributed by atoms with Crippen molar-refractivity contribution in [3.05, 3.63) is 24.0 Å². The highest BCUT2D eigenvalue weighted by Crippen LogP contribution is 2.33. The van der Waals surface area contributed by atoms with E-state index in [4.69, 9.17) is 0 Å². The summed E-state index contributed by atoms with van der Waals surface area (Å²) in [7, 11) is -3.18. The minimum Gasteiger partial charge on any atom is -0.266 e. The average molecular weight is 226 g/mol. The Kier molecular flexibility index (Phi) is 2.42. The van der Waals surface area contributed by atoms with E-state index in [1.54, 1.807) is 12.4 Å². The SMILES string of the molecule is Cc1cncc(N(C2CC2)S(C)(=O)=O)c1. The van der Waals surface area contributed by atoms with Gasteiger partial charge >= 0.3 is 0 Å². The Bertz CT molecular complexity index is 466. The molecule has 1 heterocycles. The standard InChI is InChI=1S/C10H14N2O2S/c1-8-5-10(7-11-6-8)12(9-3-4-9)15(2,13)14/h5-7,9H,3-4H2,1-2H3. The van der Waals surface area contributed by atoms with Gasteiger partial charge in [-0.25, -0.2) is 8.42 Å². The van der Waals surface area contributed by atoms with Crippen molar-refractivity contribution in [2.75, 3.05) is 10.6 Å². The summed E-state index contributed by atoms with van der Waals surface area (Å²) in [6, 6.07) is 2.00. The molecule has 1 aliphatic rings. The first-order chi connectivity index (χ1) is 6.98. The lowest BCUT2D eigenvalue weighted by Gasteiger charge is -2.21. The summed E-state index contributed by atoms with van der Waals surface area (Å²) in [5, 5.41) is 0. The maximum absolute atomic E-state index is 11.6. The molecular weight excluding hydrogens is 212 g/mol. The van der Waals surface area contributed by atoms with Crippen molar-refractivity contribution in [3.63, 3.8) is 0 Å². The summed E-state index contributed by atoms with van der Waals surface area (Å²) >= 11 is 0. The molecule has 0 aliphatic heterocycles. The molecule has 5 heteroatoms. The largest absolute Gasteiger partial charge is 0.266 e. The lowest BCUT2D eigenvalue weighted by molar-refractivity contribution is 0.596. The van der Waals surface area contributed by atoms with Crippen LogP contribution in [-0.4, -0.2) is 25.7 Å². The lowest BCUT2D eigenvalue weighted by Crippen LogP contribution is -2.32. The quantitative estimate of drug-likeness (QED) is 0.781. The molecule has 0 bridgehead atoms. The van der Waals surface area contributed by atoms with Crippen LogP contribution in [0, 0.1) is 6.92 Å². The van der Waals surface area contributed by atoms with Gasteiger partial charge in [-0.2, -0.15) is 0 Å². The van der Waals surface area contributed by atoms with Gasteiger partial charge in [0.1, 0.15) is 0 Å². The topological polar surface area (TPSA) is 50.3 Å². The molecule has 2 rings (SSSR count). The zero-order chi connectivity index (χ0) is 11.1. The smallest absolute Gasteiger partial charge is 0.232 e. The molecule has 0 saturated heterocycles. The van der Waals surface area contributed by atoms with Crippen LogP contribution >= 0.6 is 0 Å². The van der Waals surface area contributed by atoms with Crippen LogP contribution in [0.3, 0.4) is 0 Å². The fourth-order valence-electron chi connectivity index (χ4n) is 1.64. The van der Waals surface area contributed by atoms with Gasteiger partial charge in [0.05, 0.1) is 18.1 Å². The molecule has 1 saturated carbocycles. The first-order valence-electron chi connectivity index (χ1n) is 4.89. The Morgan fingerprint density at radius 3 is 2.53 bits per heavy atom. The highest BCUT2D eigenvalue weighted by molar-refractivity contribution is 7.92. The Morgan fingerprint density at radius 1 is 1.40 bits per heavy atom. The van der Waals surface area contributed by atoms with Crippen molar-refractivity contribution in [3.8, 4) is 0 Å². The third-order valence-electron chi connectivity index (χ3n) is 2.35. The van der Waals surface area contributed by atoms with Crippen LogP contribution in [-0.2, 0) is 10.0 Å². The van der Waals surface area contributed by atoms with E-state index >= 15 is 0 Å². The van der Waals surface area contributed by atoms with Gasteiger partial charge in [0.25, 0.3) is 0 Å². The molecule has 0 aromatic carbocycles. The van der Waals surface area contributed by atoms with Crippen LogP contribution in [0.4, 0.5) is 5.69 Å². The highest BCUT2D eigenvalue weighted by atomic mass is 32.2. The number of aromatic nitrogens is 1. The Hall–Kier alpha value is -1.10. The Morgan fingerprint density at radius 2 is 2.07 bits per heavy atom. The Balaban J connectivity index is 2.41. The van der Waals surface area contributed by atoms with Crippen molar-refractivity contribution >= 4 is 15.7 Å². The second kappa shape index (κ2) is 3.48. The number of nitrogens with zero attached hydrogens (tertiary/aromatic N) is 2. The number of sulfonamides is 1. The van der Waals surface area contributed by atoms with E-state index in [0.717, 1.165) is 18.4 Å². The van der Waals surface area contributed by atoms with Gasteiger partial charge < -0.3 is 0 Å². The molecule has 0 N–H and O–H groups in total. The van der Waals surface area contributed by atoms with Gasteiger partial charge in [-0.1, -0.05) is 0 Å². The summed E-state index contributed by atoms with van der Waals surface area (Å²) in [5.74, 6) is 0. The van der Waals surface area contributed by atoms with Crippen LogP contribution in [0.2, 0.25) is 0 Å². The summed E-state index contributed by atoms with van der Waals surface area (Å²) < 4.78 is 24.7. The highest BCUT2D eigenvalue weighted by Gasteiger charge is 2.35. The summed E-state index contributed by atoms with van der Waals surface area (Å²) in [6.07, 6.45) is 6.46. The maximum atomic E-state index is 11.6. The predicted octanol–water partition coefficient (Wildman–Crippen LogP) is 1.32. The average Bonchev–Trinajstić information content (AvgIpc) is 2.86. The van der Waals surface area contributed by atoms with Crippen molar-refractivity contribution in [1.29, 1.82) is 0 Å². The second-order valence-corrected chi connectivity index (χ2v) is 5.87. The molecule has 1 fully saturated rings. The molecule has 0 amide bonds. The van der Waals surface area contributed by atoms with E-state index in [1.807, 2.05) is 13.0 Å². The van der Waals surface area contributed by atoms with Gasteiger partial charge in [-0.05, 0) is 31.4 Å². The summed E-state index contributed by atoms with van der Waals surface area (Å²) in [6.45, 7) is 1.91. The van der Waals surface area contributed by atoms with E-state index in [0.29, 0.717) is 5.69 Å². The summed E-state index contributed by atoms with van der Waals surface area (Å²) in [5.41, 5.74) is 1.65. The van der Waals surface area contributed by atoms with Crippen LogP contribution < -0.4 is 4.31 Å². The Labute approximate surface area is 90.0 Å². The van der Waals surface area contributed by atoms with E-state index in [2.05, 4.69) is 4.98 Å². The number of hydrogen-bond acceptors (Lipinski definition) is 3. The fourth-order valence-corrected chi connectivity index (χ4v) is 2.88. The fraction of sp³-hybridized carbons (Fsp3) is 0.500. The number of anilines is 1. The van der Waals surface area contributed by atoms with Crippen molar-refractivity contribution in [2.24, 2.45) is 0 Å². The molecule has 1 aromatic rings. The molecule has 4 nitrogen and oxygen atoms in total. The van der Waals surface area contributed by atoms with E-state index in [9.17, 15) is 8.42 Å². The zero-order valence-corrected chi connectivity index (χ0v) is 9.66. The van der Waals surface area contributed by atoms with Crippen LogP contribution in [0.25, 0.3) is 0 Å². The number of hydrogen-bond donors (Lipinski definition) is 0. The van der Waals surface area contributed by atoms with E-state index < -0.39 is 10.0 Å². The third-order valence-corrected chi connectivity index (χ3v) is 3.57. The zero-order valence-electron chi connectivity index (χ0n) is 8.84. The molecular formula is C10H14N2O2S. The predicted molar refractivity (Wildman–Crippen MR) is 59.3 cm³/mol. The number of pyridine rings is 1. The van der Waals surface area contributed by atoms with Gasteiger partial charge in [0.2, 0.25) is 10.0 Å². The molecule has 1 aliphatic carbocycles. The molecule has 82 valence electrons. The molecule has 0 unspecified atom stereocenters. The molecule has 1 aromatic heterocycles. The molecule has 0 radical (unpaired) electrons. The minimum atomic E-state index is -3.18. The monoisotopic (exact) mass is 226 g/mol. The van der Waals surface area contributed by atoms with Crippen molar-refractivity contribution in [1.82, 2.24) is 4.98 Å². The van der Waals surface area contributed by atoms with Crippen LogP contribution in [0.5, 0.6) is 0 Å².